The first-order chi connectivity index (χ1) is 10.9. The van der Waals surface area contributed by atoms with Gasteiger partial charge in [-0.1, -0.05) is 46.4 Å². The minimum absolute atomic E-state index is 0.114. The van der Waals surface area contributed by atoms with Crippen LogP contribution in [0.1, 0.15) is 31.3 Å². The summed E-state index contributed by atoms with van der Waals surface area (Å²) < 4.78 is 4.71. The van der Waals surface area contributed by atoms with Crippen LogP contribution in [-0.4, -0.2) is 35.0 Å². The maximum atomic E-state index is 11.9. The molecule has 1 heterocycles. The fourth-order valence-electron chi connectivity index (χ4n) is 1.36. The van der Waals surface area contributed by atoms with Crippen LogP contribution in [0, 0.1) is 0 Å². The molecule has 0 aliphatic rings. The smallest absolute Gasteiger partial charge is 0.359 e. The second kappa shape index (κ2) is 8.20. The van der Waals surface area contributed by atoms with Gasteiger partial charge in [0.2, 0.25) is 0 Å². The zero-order valence-corrected chi connectivity index (χ0v) is 15.8. The quantitative estimate of drug-likeness (QED) is 0.580. The Morgan fingerprint density at radius 1 is 1.04 bits per heavy atom. The number of aromatic nitrogens is 1. The van der Waals surface area contributed by atoms with Gasteiger partial charge in [0.15, 0.2) is 12.3 Å². The first-order valence-electron chi connectivity index (χ1n) is 6.41. The van der Waals surface area contributed by atoms with E-state index in [0.717, 1.165) is 0 Å². The van der Waals surface area contributed by atoms with E-state index in [2.05, 4.69) is 10.3 Å². The van der Waals surface area contributed by atoms with E-state index in [1.807, 2.05) is 5.32 Å². The van der Waals surface area contributed by atoms with Crippen molar-refractivity contribution in [2.24, 2.45) is 0 Å². The second-order valence-electron chi connectivity index (χ2n) is 5.52. The van der Waals surface area contributed by atoms with Crippen molar-refractivity contribution >= 4 is 64.3 Å². The lowest BCUT2D eigenvalue weighted by molar-refractivity contribution is -0.123. The largest absolute Gasteiger partial charge is 0.451 e. The van der Waals surface area contributed by atoms with Crippen LogP contribution in [0.25, 0.3) is 0 Å². The molecular formula is C13H13Cl4N3O4. The highest BCUT2D eigenvalue weighted by Gasteiger charge is 2.23. The second-order valence-corrected chi connectivity index (χ2v) is 7.01. The van der Waals surface area contributed by atoms with Crippen LogP contribution in [0.2, 0.25) is 20.2 Å². The van der Waals surface area contributed by atoms with E-state index in [0.29, 0.717) is 0 Å². The number of carbonyl (C=O) groups is 3. The molecule has 7 nitrogen and oxygen atoms in total. The molecule has 1 aromatic heterocycles. The Morgan fingerprint density at radius 3 is 2.17 bits per heavy atom. The molecule has 3 amide bonds. The average molecular weight is 417 g/mol. The van der Waals surface area contributed by atoms with Gasteiger partial charge < -0.3 is 10.1 Å². The number of halogens is 4. The topological polar surface area (TPSA) is 97.4 Å². The Hall–Kier alpha value is -1.28. The summed E-state index contributed by atoms with van der Waals surface area (Å²) in [5.41, 5.74) is -0.932. The van der Waals surface area contributed by atoms with Gasteiger partial charge >= 0.3 is 12.0 Å². The summed E-state index contributed by atoms with van der Waals surface area (Å²) in [6, 6.07) is -0.725. The van der Waals surface area contributed by atoms with Crippen LogP contribution < -0.4 is 10.6 Å². The zero-order chi connectivity index (χ0) is 18.7. The van der Waals surface area contributed by atoms with E-state index in [9.17, 15) is 14.4 Å². The summed E-state index contributed by atoms with van der Waals surface area (Å²) in [5.74, 6) is -1.89. The summed E-state index contributed by atoms with van der Waals surface area (Å²) in [7, 11) is 0. The molecule has 1 rings (SSSR count). The number of carbonyl (C=O) groups excluding carboxylic acids is 3. The van der Waals surface area contributed by atoms with Crippen molar-refractivity contribution in [2.75, 3.05) is 6.61 Å². The number of urea groups is 1. The molecule has 0 unspecified atom stereocenters. The van der Waals surface area contributed by atoms with Crippen molar-refractivity contribution in [3.63, 3.8) is 0 Å². The van der Waals surface area contributed by atoms with E-state index in [1.54, 1.807) is 20.8 Å². The van der Waals surface area contributed by atoms with E-state index in [4.69, 9.17) is 51.1 Å². The molecule has 0 aromatic carbocycles. The number of amides is 3. The predicted molar refractivity (Wildman–Crippen MR) is 91.0 cm³/mol. The minimum Gasteiger partial charge on any atom is -0.451 e. The fraction of sp³-hybridized carbons (Fsp3) is 0.385. The van der Waals surface area contributed by atoms with Crippen molar-refractivity contribution in [1.29, 1.82) is 0 Å². The zero-order valence-electron chi connectivity index (χ0n) is 12.8. The van der Waals surface area contributed by atoms with Gasteiger partial charge in [-0.05, 0) is 20.8 Å². The van der Waals surface area contributed by atoms with Gasteiger partial charge in [-0.15, -0.1) is 0 Å². The van der Waals surface area contributed by atoms with Crippen molar-refractivity contribution in [3.8, 4) is 0 Å². The summed E-state index contributed by atoms with van der Waals surface area (Å²) in [6.07, 6.45) is 0. The molecule has 0 radical (unpaired) electrons. The molecule has 0 saturated heterocycles. The predicted octanol–water partition coefficient (Wildman–Crippen LogP) is 3.48. The lowest BCUT2D eigenvalue weighted by atomic mass is 10.1. The van der Waals surface area contributed by atoms with Gasteiger partial charge in [0.1, 0.15) is 5.15 Å². The van der Waals surface area contributed by atoms with Crippen LogP contribution in [0.5, 0.6) is 0 Å². The first kappa shape index (κ1) is 20.8. The number of ether oxygens (including phenoxy) is 1. The summed E-state index contributed by atoms with van der Waals surface area (Å²) in [4.78, 5) is 38.6. The average Bonchev–Trinajstić information content (AvgIpc) is 2.44. The highest BCUT2D eigenvalue weighted by atomic mass is 35.5. The highest BCUT2D eigenvalue weighted by Crippen LogP contribution is 2.36. The minimum atomic E-state index is -1.05. The molecule has 11 heteroatoms. The summed E-state index contributed by atoms with van der Waals surface area (Å²) in [6.45, 7) is 4.47. The molecule has 24 heavy (non-hydrogen) atoms. The number of imide groups is 1. The molecule has 1 aromatic rings. The Balaban J connectivity index is 2.67. The molecule has 0 saturated carbocycles. The van der Waals surface area contributed by atoms with Gasteiger partial charge in [-0.25, -0.2) is 14.6 Å². The number of rotatable bonds is 3. The maximum Gasteiger partial charge on any atom is 0.359 e. The van der Waals surface area contributed by atoms with Gasteiger partial charge in [-0.3, -0.25) is 10.1 Å². The van der Waals surface area contributed by atoms with Crippen LogP contribution in [-0.2, 0) is 9.53 Å². The Kier molecular flexibility index (Phi) is 7.10. The molecule has 0 spiro atoms. The van der Waals surface area contributed by atoms with E-state index in [1.165, 1.54) is 0 Å². The third-order valence-electron chi connectivity index (χ3n) is 2.25. The van der Waals surface area contributed by atoms with Crippen molar-refractivity contribution < 1.29 is 19.1 Å². The molecule has 2 N–H and O–H groups in total. The standard InChI is InChI=1S/C13H13Cl4N3O4/c1-13(2,3)20-12(23)18-5(21)4-24-11(22)9-7(15)6(14)8(16)10(17)19-9/h4H2,1-3H3,(H2,18,20,21,23). The number of hydrogen-bond acceptors (Lipinski definition) is 5. The van der Waals surface area contributed by atoms with Crippen molar-refractivity contribution in [3.05, 3.63) is 25.9 Å². The van der Waals surface area contributed by atoms with Crippen LogP contribution in [0.3, 0.4) is 0 Å². The molecule has 0 bridgehead atoms. The Morgan fingerprint density at radius 2 is 1.62 bits per heavy atom. The highest BCUT2D eigenvalue weighted by molar-refractivity contribution is 6.52. The van der Waals surface area contributed by atoms with Gasteiger partial charge in [0, 0.05) is 5.54 Å². The molecule has 0 fully saturated rings. The van der Waals surface area contributed by atoms with Crippen LogP contribution >= 0.6 is 46.4 Å². The SMILES string of the molecule is CC(C)(C)NC(=O)NC(=O)COC(=O)c1nc(Cl)c(Cl)c(Cl)c1Cl. The number of esters is 1. The summed E-state index contributed by atoms with van der Waals surface area (Å²) >= 11 is 23.1. The van der Waals surface area contributed by atoms with E-state index < -0.39 is 35.7 Å². The molecule has 0 aliphatic heterocycles. The van der Waals surface area contributed by atoms with Gasteiger partial charge in [0.25, 0.3) is 5.91 Å². The van der Waals surface area contributed by atoms with Crippen molar-refractivity contribution in [1.82, 2.24) is 15.6 Å². The number of nitrogens with one attached hydrogen (secondary N) is 2. The third-order valence-corrected chi connectivity index (χ3v) is 3.93. The van der Waals surface area contributed by atoms with Crippen LogP contribution in [0.15, 0.2) is 0 Å². The van der Waals surface area contributed by atoms with E-state index in [-0.39, 0.29) is 20.2 Å². The van der Waals surface area contributed by atoms with Gasteiger partial charge in [0.05, 0.1) is 15.1 Å². The number of pyridine rings is 1. The number of nitrogens with zero attached hydrogens (tertiary/aromatic N) is 1. The lowest BCUT2D eigenvalue weighted by Gasteiger charge is -2.20. The number of hydrogen-bond donors (Lipinski definition) is 2. The maximum absolute atomic E-state index is 11.9. The normalized spacial score (nSPS) is 11.0. The van der Waals surface area contributed by atoms with E-state index >= 15 is 0 Å². The molecular weight excluding hydrogens is 404 g/mol. The summed E-state index contributed by atoms with van der Waals surface area (Å²) in [5, 5.41) is 3.71. The molecule has 0 aliphatic carbocycles. The fourth-order valence-corrected chi connectivity index (χ4v) is 2.16. The van der Waals surface area contributed by atoms with Crippen LogP contribution in [0.4, 0.5) is 4.79 Å². The molecule has 0 atom stereocenters. The van der Waals surface area contributed by atoms with Gasteiger partial charge in [-0.2, -0.15) is 0 Å². The van der Waals surface area contributed by atoms with Crippen molar-refractivity contribution in [2.45, 2.75) is 26.3 Å². The first-order valence-corrected chi connectivity index (χ1v) is 7.92. The molecule has 132 valence electrons. The third kappa shape index (κ3) is 5.98. The monoisotopic (exact) mass is 415 g/mol. The Labute approximate surface area is 157 Å². The lowest BCUT2D eigenvalue weighted by Crippen LogP contribution is -2.49. The Bertz CT molecular complexity index is 689.